The first-order valence-electron chi connectivity index (χ1n) is 5.62. The van der Waals surface area contributed by atoms with Crippen LogP contribution in [-0.4, -0.2) is 30.4 Å². The molecule has 1 N–H and O–H groups in total. The molecule has 2 rings (SSSR count). The lowest BCUT2D eigenvalue weighted by Gasteiger charge is -2.14. The summed E-state index contributed by atoms with van der Waals surface area (Å²) in [5.41, 5.74) is 0.285. The summed E-state index contributed by atoms with van der Waals surface area (Å²) >= 11 is 0. The lowest BCUT2D eigenvalue weighted by molar-refractivity contribution is -0.117. The van der Waals surface area contributed by atoms with Crippen molar-refractivity contribution in [2.45, 2.75) is 12.8 Å². The van der Waals surface area contributed by atoms with E-state index in [9.17, 15) is 13.6 Å². The fourth-order valence-electron chi connectivity index (χ4n) is 1.92. The Bertz CT molecular complexity index is 417. The fraction of sp³-hybridized carbons (Fsp3) is 0.417. The first kappa shape index (κ1) is 12.0. The molecule has 0 radical (unpaired) electrons. The summed E-state index contributed by atoms with van der Waals surface area (Å²) in [5, 5.41) is 2.55. The van der Waals surface area contributed by atoms with E-state index in [1.807, 2.05) is 4.90 Å². The number of carbonyl (C=O) groups excluding carboxylic acids is 1. The lowest BCUT2D eigenvalue weighted by Crippen LogP contribution is -2.30. The second-order valence-electron chi connectivity index (χ2n) is 4.16. The molecule has 1 aromatic carbocycles. The Labute approximate surface area is 98.4 Å². The molecule has 1 aliphatic heterocycles. The number of nitrogens with one attached hydrogen (secondary N) is 1. The minimum absolute atomic E-state index is 0.196. The maximum absolute atomic E-state index is 12.9. The van der Waals surface area contributed by atoms with E-state index in [4.69, 9.17) is 0 Å². The number of hydrogen-bond acceptors (Lipinski definition) is 2. The smallest absolute Gasteiger partial charge is 0.238 e. The minimum Gasteiger partial charge on any atom is -0.325 e. The van der Waals surface area contributed by atoms with Crippen molar-refractivity contribution in [2.75, 3.05) is 25.0 Å². The number of rotatable bonds is 3. The SMILES string of the molecule is O=C(CN1CCCC1)Nc1ccc(F)c(F)c1. The van der Waals surface area contributed by atoms with Gasteiger partial charge in [-0.1, -0.05) is 0 Å². The van der Waals surface area contributed by atoms with Crippen LogP contribution >= 0.6 is 0 Å². The summed E-state index contributed by atoms with van der Waals surface area (Å²) in [6, 6.07) is 3.33. The van der Waals surface area contributed by atoms with Crippen molar-refractivity contribution in [1.29, 1.82) is 0 Å². The highest BCUT2D eigenvalue weighted by molar-refractivity contribution is 5.92. The van der Waals surface area contributed by atoms with Gasteiger partial charge in [0.25, 0.3) is 0 Å². The molecule has 1 amide bonds. The molecule has 0 aromatic heterocycles. The van der Waals surface area contributed by atoms with Crippen LogP contribution < -0.4 is 5.32 Å². The molecule has 92 valence electrons. The van der Waals surface area contributed by atoms with E-state index in [0.29, 0.717) is 6.54 Å². The normalized spacial score (nSPS) is 16.1. The number of hydrogen-bond donors (Lipinski definition) is 1. The third kappa shape index (κ3) is 3.23. The van der Waals surface area contributed by atoms with Crippen molar-refractivity contribution in [3.8, 4) is 0 Å². The zero-order valence-electron chi connectivity index (χ0n) is 9.38. The molecule has 0 atom stereocenters. The third-order valence-electron chi connectivity index (χ3n) is 2.77. The molecule has 1 fully saturated rings. The van der Waals surface area contributed by atoms with Gasteiger partial charge in [-0.2, -0.15) is 0 Å². The molecule has 0 spiro atoms. The van der Waals surface area contributed by atoms with Gasteiger partial charge in [0.05, 0.1) is 6.54 Å². The van der Waals surface area contributed by atoms with Crippen LogP contribution in [0.4, 0.5) is 14.5 Å². The van der Waals surface area contributed by atoms with E-state index in [2.05, 4.69) is 5.32 Å². The zero-order valence-corrected chi connectivity index (χ0v) is 9.38. The van der Waals surface area contributed by atoms with Gasteiger partial charge in [0.1, 0.15) is 0 Å². The Hall–Kier alpha value is -1.49. The topological polar surface area (TPSA) is 32.3 Å². The van der Waals surface area contributed by atoms with Crippen LogP contribution in [0.5, 0.6) is 0 Å². The van der Waals surface area contributed by atoms with Gasteiger partial charge in [-0.25, -0.2) is 8.78 Å². The van der Waals surface area contributed by atoms with Crippen molar-refractivity contribution in [2.24, 2.45) is 0 Å². The van der Waals surface area contributed by atoms with Crippen LogP contribution in [0.2, 0.25) is 0 Å². The summed E-state index contributed by atoms with van der Waals surface area (Å²) in [7, 11) is 0. The van der Waals surface area contributed by atoms with Crippen LogP contribution in [0.3, 0.4) is 0 Å². The highest BCUT2D eigenvalue weighted by atomic mass is 19.2. The second kappa shape index (κ2) is 5.23. The zero-order chi connectivity index (χ0) is 12.3. The monoisotopic (exact) mass is 240 g/mol. The molecule has 0 unspecified atom stereocenters. The van der Waals surface area contributed by atoms with Crippen LogP contribution in [0, 0.1) is 11.6 Å². The van der Waals surface area contributed by atoms with Crippen molar-refractivity contribution >= 4 is 11.6 Å². The maximum Gasteiger partial charge on any atom is 0.238 e. The van der Waals surface area contributed by atoms with Crippen LogP contribution in [0.25, 0.3) is 0 Å². The molecule has 1 saturated heterocycles. The number of nitrogens with zero attached hydrogens (tertiary/aromatic N) is 1. The third-order valence-corrected chi connectivity index (χ3v) is 2.77. The summed E-state index contributed by atoms with van der Waals surface area (Å²) in [4.78, 5) is 13.6. The number of carbonyl (C=O) groups is 1. The largest absolute Gasteiger partial charge is 0.325 e. The Morgan fingerprint density at radius 1 is 1.24 bits per heavy atom. The molecule has 1 aliphatic rings. The van der Waals surface area contributed by atoms with Crippen molar-refractivity contribution in [3.63, 3.8) is 0 Å². The Balaban J connectivity index is 1.90. The predicted octanol–water partition coefficient (Wildman–Crippen LogP) is 2.00. The van der Waals surface area contributed by atoms with E-state index < -0.39 is 11.6 Å². The average Bonchev–Trinajstić information content (AvgIpc) is 2.76. The average molecular weight is 240 g/mol. The first-order valence-corrected chi connectivity index (χ1v) is 5.62. The number of anilines is 1. The Morgan fingerprint density at radius 3 is 2.59 bits per heavy atom. The fourth-order valence-corrected chi connectivity index (χ4v) is 1.92. The Morgan fingerprint density at radius 2 is 1.94 bits per heavy atom. The van der Waals surface area contributed by atoms with Gasteiger partial charge in [-0.15, -0.1) is 0 Å². The van der Waals surface area contributed by atoms with Crippen LogP contribution in [0.15, 0.2) is 18.2 Å². The molecule has 3 nitrogen and oxygen atoms in total. The minimum atomic E-state index is -0.955. The molecule has 0 aliphatic carbocycles. The molecule has 1 heterocycles. The highest BCUT2D eigenvalue weighted by Crippen LogP contribution is 2.13. The van der Waals surface area contributed by atoms with Gasteiger partial charge < -0.3 is 5.32 Å². The van der Waals surface area contributed by atoms with Gasteiger partial charge in [-0.05, 0) is 38.1 Å². The van der Waals surface area contributed by atoms with Gasteiger partial charge >= 0.3 is 0 Å². The number of halogens is 2. The van der Waals surface area contributed by atoms with E-state index in [0.717, 1.165) is 38.1 Å². The van der Waals surface area contributed by atoms with Gasteiger partial charge in [0.15, 0.2) is 11.6 Å². The molecular weight excluding hydrogens is 226 g/mol. The van der Waals surface area contributed by atoms with Gasteiger partial charge in [-0.3, -0.25) is 9.69 Å². The lowest BCUT2D eigenvalue weighted by atomic mass is 10.3. The molecule has 5 heteroatoms. The summed E-state index contributed by atoms with van der Waals surface area (Å²) in [5.74, 6) is -2.07. The number of amides is 1. The van der Waals surface area contributed by atoms with Gasteiger partial charge in [0, 0.05) is 11.8 Å². The molecule has 17 heavy (non-hydrogen) atoms. The van der Waals surface area contributed by atoms with Gasteiger partial charge in [0.2, 0.25) is 5.91 Å². The first-order chi connectivity index (χ1) is 8.15. The Kier molecular flexibility index (Phi) is 3.68. The quantitative estimate of drug-likeness (QED) is 0.876. The summed E-state index contributed by atoms with van der Waals surface area (Å²) in [6.45, 7) is 2.15. The van der Waals surface area contributed by atoms with E-state index in [-0.39, 0.29) is 11.6 Å². The summed E-state index contributed by atoms with van der Waals surface area (Å²) in [6.07, 6.45) is 2.22. The second-order valence-corrected chi connectivity index (χ2v) is 4.16. The highest BCUT2D eigenvalue weighted by Gasteiger charge is 2.15. The standard InChI is InChI=1S/C12H14F2N2O/c13-10-4-3-9(7-11(10)14)15-12(17)8-16-5-1-2-6-16/h3-4,7H,1-2,5-6,8H2,(H,15,17). The summed E-state index contributed by atoms with van der Waals surface area (Å²) < 4.78 is 25.6. The molecule has 1 aromatic rings. The van der Waals surface area contributed by atoms with Crippen LogP contribution in [0.1, 0.15) is 12.8 Å². The van der Waals surface area contributed by atoms with Crippen molar-refractivity contribution in [3.05, 3.63) is 29.8 Å². The molecular formula is C12H14F2N2O. The number of likely N-dealkylation sites (tertiary alicyclic amines) is 1. The van der Waals surface area contributed by atoms with Crippen molar-refractivity contribution < 1.29 is 13.6 Å². The van der Waals surface area contributed by atoms with E-state index in [1.54, 1.807) is 0 Å². The number of benzene rings is 1. The molecule has 0 saturated carbocycles. The molecule has 0 bridgehead atoms. The van der Waals surface area contributed by atoms with Crippen LogP contribution in [-0.2, 0) is 4.79 Å². The maximum atomic E-state index is 12.9. The van der Waals surface area contributed by atoms with E-state index >= 15 is 0 Å². The predicted molar refractivity (Wildman–Crippen MR) is 60.7 cm³/mol. The van der Waals surface area contributed by atoms with Crippen molar-refractivity contribution in [1.82, 2.24) is 4.90 Å². The van der Waals surface area contributed by atoms with E-state index in [1.165, 1.54) is 6.07 Å².